The second-order valence-corrected chi connectivity index (χ2v) is 8.33. The Morgan fingerprint density at radius 2 is 1.77 bits per heavy atom. The van der Waals surface area contributed by atoms with Gasteiger partial charge in [0.2, 0.25) is 11.8 Å². The zero-order chi connectivity index (χ0) is 18.5. The molecule has 4 nitrogen and oxygen atoms in total. The Morgan fingerprint density at radius 3 is 2.46 bits per heavy atom. The summed E-state index contributed by atoms with van der Waals surface area (Å²) in [7, 11) is 0. The summed E-state index contributed by atoms with van der Waals surface area (Å²) in [6, 6.07) is 9.27. The summed E-state index contributed by atoms with van der Waals surface area (Å²) in [6.45, 7) is 5.75. The first-order chi connectivity index (χ1) is 12.5. The number of amides is 2. The van der Waals surface area contributed by atoms with Crippen molar-refractivity contribution >= 4 is 11.8 Å². The number of fused-ring (bicyclic) bond motifs is 1. The summed E-state index contributed by atoms with van der Waals surface area (Å²) < 4.78 is 0. The molecule has 0 spiro atoms. The Labute approximate surface area is 157 Å². The third-order valence-electron chi connectivity index (χ3n) is 6.06. The third-order valence-corrected chi connectivity index (χ3v) is 6.06. The Bertz CT molecular complexity index is 614. The Balaban J connectivity index is 1.60. The summed E-state index contributed by atoms with van der Waals surface area (Å²) in [5, 5.41) is 3.00. The molecule has 0 unspecified atom stereocenters. The summed E-state index contributed by atoms with van der Waals surface area (Å²) in [5.41, 5.74) is 0.975. The SMILES string of the molecule is CC(C)[C@H](NC(=O)Cc1ccccc1)C(=O)N1CC[C@H]2CCCC[C@@H]2C1. The topological polar surface area (TPSA) is 49.4 Å². The van der Waals surface area contributed by atoms with Gasteiger partial charge < -0.3 is 10.2 Å². The van der Waals surface area contributed by atoms with Gasteiger partial charge in [-0.15, -0.1) is 0 Å². The number of hydrogen-bond acceptors (Lipinski definition) is 2. The van der Waals surface area contributed by atoms with Gasteiger partial charge in [-0.05, 0) is 36.2 Å². The van der Waals surface area contributed by atoms with Crippen LogP contribution in [0.2, 0.25) is 0 Å². The van der Waals surface area contributed by atoms with E-state index >= 15 is 0 Å². The summed E-state index contributed by atoms with van der Waals surface area (Å²) in [6.07, 6.45) is 6.67. The summed E-state index contributed by atoms with van der Waals surface area (Å²) in [5.74, 6) is 1.58. The highest BCUT2D eigenvalue weighted by Crippen LogP contribution is 2.36. The van der Waals surface area contributed by atoms with E-state index in [-0.39, 0.29) is 17.7 Å². The number of carbonyl (C=O) groups excluding carboxylic acids is 2. The molecule has 1 saturated carbocycles. The molecule has 1 aromatic rings. The van der Waals surface area contributed by atoms with Crippen LogP contribution in [0.5, 0.6) is 0 Å². The lowest BCUT2D eigenvalue weighted by molar-refractivity contribution is -0.140. The molecular weight excluding hydrogens is 324 g/mol. The lowest BCUT2D eigenvalue weighted by Gasteiger charge is -2.42. The van der Waals surface area contributed by atoms with Gasteiger partial charge in [0.25, 0.3) is 0 Å². The average Bonchev–Trinajstić information content (AvgIpc) is 2.65. The molecule has 3 atom stereocenters. The predicted octanol–water partition coefficient (Wildman–Crippen LogP) is 3.41. The Morgan fingerprint density at radius 1 is 1.08 bits per heavy atom. The smallest absolute Gasteiger partial charge is 0.245 e. The van der Waals surface area contributed by atoms with E-state index < -0.39 is 6.04 Å². The van der Waals surface area contributed by atoms with E-state index in [1.807, 2.05) is 49.1 Å². The second kappa shape index (κ2) is 8.70. The molecule has 0 radical (unpaired) electrons. The van der Waals surface area contributed by atoms with Crippen molar-refractivity contribution in [3.8, 4) is 0 Å². The number of nitrogens with one attached hydrogen (secondary N) is 1. The second-order valence-electron chi connectivity index (χ2n) is 8.33. The number of carbonyl (C=O) groups is 2. The van der Waals surface area contributed by atoms with Crippen LogP contribution < -0.4 is 5.32 Å². The summed E-state index contributed by atoms with van der Waals surface area (Å²) in [4.78, 5) is 27.6. The van der Waals surface area contributed by atoms with Crippen LogP contribution in [0.15, 0.2) is 30.3 Å². The molecule has 1 heterocycles. The molecule has 4 heteroatoms. The van der Waals surface area contributed by atoms with E-state index in [4.69, 9.17) is 0 Å². The van der Waals surface area contributed by atoms with Crippen LogP contribution >= 0.6 is 0 Å². The van der Waals surface area contributed by atoms with Gasteiger partial charge in [0.1, 0.15) is 6.04 Å². The van der Waals surface area contributed by atoms with E-state index in [9.17, 15) is 9.59 Å². The van der Waals surface area contributed by atoms with Crippen molar-refractivity contribution in [1.29, 1.82) is 0 Å². The van der Waals surface area contributed by atoms with Gasteiger partial charge in [0.15, 0.2) is 0 Å². The fourth-order valence-electron chi connectivity index (χ4n) is 4.52. The monoisotopic (exact) mass is 356 g/mol. The lowest BCUT2D eigenvalue weighted by atomic mass is 9.75. The minimum Gasteiger partial charge on any atom is -0.344 e. The Hall–Kier alpha value is -1.84. The zero-order valence-corrected chi connectivity index (χ0v) is 16.1. The van der Waals surface area contributed by atoms with Gasteiger partial charge in [0.05, 0.1) is 6.42 Å². The van der Waals surface area contributed by atoms with E-state index in [2.05, 4.69) is 5.32 Å². The highest BCUT2D eigenvalue weighted by molar-refractivity contribution is 5.88. The number of hydrogen-bond donors (Lipinski definition) is 1. The lowest BCUT2D eigenvalue weighted by Crippen LogP contribution is -2.55. The molecule has 1 aliphatic heterocycles. The maximum Gasteiger partial charge on any atom is 0.245 e. The van der Waals surface area contributed by atoms with Gasteiger partial charge in [-0.25, -0.2) is 0 Å². The number of benzene rings is 1. The van der Waals surface area contributed by atoms with Gasteiger partial charge in [-0.3, -0.25) is 9.59 Å². The number of rotatable bonds is 5. The minimum absolute atomic E-state index is 0.0733. The minimum atomic E-state index is -0.425. The highest BCUT2D eigenvalue weighted by Gasteiger charge is 2.36. The van der Waals surface area contributed by atoms with Crippen LogP contribution in [0, 0.1) is 17.8 Å². The molecule has 0 aromatic heterocycles. The molecule has 1 saturated heterocycles. The normalized spacial score (nSPS) is 24.0. The fraction of sp³-hybridized carbons (Fsp3) is 0.636. The predicted molar refractivity (Wildman–Crippen MR) is 104 cm³/mol. The maximum atomic E-state index is 13.1. The molecule has 1 aromatic carbocycles. The molecule has 26 heavy (non-hydrogen) atoms. The first-order valence-electron chi connectivity index (χ1n) is 10.2. The highest BCUT2D eigenvalue weighted by atomic mass is 16.2. The first kappa shape index (κ1) is 18.9. The van der Waals surface area contributed by atoms with Crippen LogP contribution in [-0.2, 0) is 16.0 Å². The van der Waals surface area contributed by atoms with Crippen molar-refractivity contribution in [2.45, 2.75) is 58.4 Å². The molecular formula is C22H32N2O2. The molecule has 0 bridgehead atoms. The van der Waals surface area contributed by atoms with Crippen molar-refractivity contribution in [3.63, 3.8) is 0 Å². The Kier molecular flexibility index (Phi) is 6.33. The van der Waals surface area contributed by atoms with Crippen molar-refractivity contribution in [2.75, 3.05) is 13.1 Å². The molecule has 2 amide bonds. The van der Waals surface area contributed by atoms with Gasteiger partial charge in [-0.1, -0.05) is 63.4 Å². The van der Waals surface area contributed by atoms with Crippen LogP contribution in [-0.4, -0.2) is 35.8 Å². The van der Waals surface area contributed by atoms with Gasteiger partial charge >= 0.3 is 0 Å². The van der Waals surface area contributed by atoms with Crippen LogP contribution in [0.25, 0.3) is 0 Å². The summed E-state index contributed by atoms with van der Waals surface area (Å²) >= 11 is 0. The molecule has 2 fully saturated rings. The van der Waals surface area contributed by atoms with E-state index in [1.165, 1.54) is 25.7 Å². The number of piperidine rings is 1. The van der Waals surface area contributed by atoms with E-state index in [0.29, 0.717) is 12.3 Å². The molecule has 1 N–H and O–H groups in total. The number of likely N-dealkylation sites (tertiary alicyclic amines) is 1. The van der Waals surface area contributed by atoms with Gasteiger partial charge in [0, 0.05) is 13.1 Å². The van der Waals surface area contributed by atoms with Crippen molar-refractivity contribution in [2.24, 2.45) is 17.8 Å². The van der Waals surface area contributed by atoms with Crippen LogP contribution in [0.4, 0.5) is 0 Å². The van der Waals surface area contributed by atoms with Crippen molar-refractivity contribution < 1.29 is 9.59 Å². The first-order valence-corrected chi connectivity index (χ1v) is 10.2. The van der Waals surface area contributed by atoms with Crippen molar-refractivity contribution in [1.82, 2.24) is 10.2 Å². The quantitative estimate of drug-likeness (QED) is 0.879. The van der Waals surface area contributed by atoms with Crippen LogP contribution in [0.3, 0.4) is 0 Å². The average molecular weight is 357 g/mol. The van der Waals surface area contributed by atoms with Crippen molar-refractivity contribution in [3.05, 3.63) is 35.9 Å². The molecule has 3 rings (SSSR count). The van der Waals surface area contributed by atoms with Crippen LogP contribution in [0.1, 0.15) is 51.5 Å². The molecule has 142 valence electrons. The van der Waals surface area contributed by atoms with E-state index in [1.54, 1.807) is 0 Å². The molecule has 2 aliphatic rings. The standard InChI is InChI=1S/C22H32N2O2/c1-16(2)21(23-20(25)14-17-8-4-3-5-9-17)22(26)24-13-12-18-10-6-7-11-19(18)15-24/h3-5,8-9,16,18-19,21H,6-7,10-15H2,1-2H3,(H,23,25)/t18-,19-,21+/m1/s1. The zero-order valence-electron chi connectivity index (χ0n) is 16.1. The molecule has 1 aliphatic carbocycles. The maximum absolute atomic E-state index is 13.1. The van der Waals surface area contributed by atoms with E-state index in [0.717, 1.165) is 31.0 Å². The van der Waals surface area contributed by atoms with Gasteiger partial charge in [-0.2, -0.15) is 0 Å². The number of nitrogens with zero attached hydrogens (tertiary/aromatic N) is 1. The fourth-order valence-corrected chi connectivity index (χ4v) is 4.52. The third kappa shape index (κ3) is 4.66. The largest absolute Gasteiger partial charge is 0.344 e.